The van der Waals surface area contributed by atoms with Gasteiger partial charge in [-0.2, -0.15) is 0 Å². The molecule has 2 saturated carbocycles. The summed E-state index contributed by atoms with van der Waals surface area (Å²) in [6, 6.07) is 0.774. The molecule has 3 atom stereocenters. The maximum absolute atomic E-state index is 5.86. The fraction of sp³-hybridized carbons (Fsp3) is 1.00. The molecule has 4 heteroatoms. The van der Waals surface area contributed by atoms with E-state index in [0.29, 0.717) is 17.6 Å². The van der Waals surface area contributed by atoms with Crippen molar-refractivity contribution in [1.29, 1.82) is 0 Å². The first kappa shape index (κ1) is 14.3. The number of rotatable bonds is 7. The summed E-state index contributed by atoms with van der Waals surface area (Å²) in [4.78, 5) is 0. The lowest BCUT2D eigenvalue weighted by Crippen LogP contribution is -2.68. The Labute approximate surface area is 110 Å². The Hall–Kier alpha value is -0.160. The summed E-state index contributed by atoms with van der Waals surface area (Å²) in [7, 11) is 3.38. The van der Waals surface area contributed by atoms with E-state index in [2.05, 4.69) is 19.2 Å². The third kappa shape index (κ3) is 2.31. The topological polar surface area (TPSA) is 39.7 Å². The second-order valence-corrected chi connectivity index (χ2v) is 5.61. The monoisotopic (exact) mass is 257 g/mol. The molecule has 106 valence electrons. The maximum Gasteiger partial charge on any atom is 0.171 e. The van der Waals surface area contributed by atoms with Crippen LogP contribution >= 0.6 is 0 Å². The Morgan fingerprint density at radius 2 is 1.94 bits per heavy atom. The highest BCUT2D eigenvalue weighted by Gasteiger charge is 2.59. The Balaban J connectivity index is 1.87. The molecule has 2 rings (SSSR count). The van der Waals surface area contributed by atoms with E-state index in [0.717, 1.165) is 13.0 Å². The fourth-order valence-corrected chi connectivity index (χ4v) is 3.57. The first-order valence-electron chi connectivity index (χ1n) is 7.11. The van der Waals surface area contributed by atoms with Crippen LogP contribution in [-0.4, -0.2) is 45.3 Å². The van der Waals surface area contributed by atoms with E-state index in [1.54, 1.807) is 14.2 Å². The Morgan fingerprint density at radius 1 is 1.28 bits per heavy atom. The Bertz CT molecular complexity index is 264. The SMILES string of the molecule is CCOC1CC(NC(C)C(OC)OC)C12CCC2. The van der Waals surface area contributed by atoms with Crippen LogP contribution in [-0.2, 0) is 14.2 Å². The summed E-state index contributed by atoms with van der Waals surface area (Å²) in [6.45, 7) is 5.03. The van der Waals surface area contributed by atoms with Crippen LogP contribution in [0.4, 0.5) is 0 Å². The molecule has 0 aromatic carbocycles. The van der Waals surface area contributed by atoms with Gasteiger partial charge in [0.2, 0.25) is 0 Å². The number of methoxy groups -OCH3 is 2. The van der Waals surface area contributed by atoms with Crippen molar-refractivity contribution in [3.8, 4) is 0 Å². The second-order valence-electron chi connectivity index (χ2n) is 5.61. The van der Waals surface area contributed by atoms with E-state index in [4.69, 9.17) is 14.2 Å². The van der Waals surface area contributed by atoms with Gasteiger partial charge in [-0.25, -0.2) is 0 Å². The van der Waals surface area contributed by atoms with Crippen molar-refractivity contribution in [2.24, 2.45) is 5.41 Å². The summed E-state index contributed by atoms with van der Waals surface area (Å²) in [5.74, 6) is 0. The lowest BCUT2D eigenvalue weighted by Gasteiger charge is -2.61. The average Bonchev–Trinajstić information content (AvgIpc) is 2.27. The Kier molecular flexibility index (Phi) is 4.64. The van der Waals surface area contributed by atoms with E-state index >= 15 is 0 Å². The molecule has 0 heterocycles. The van der Waals surface area contributed by atoms with Gasteiger partial charge in [0.05, 0.1) is 12.1 Å². The molecule has 1 spiro atoms. The minimum absolute atomic E-state index is 0.173. The molecule has 3 unspecified atom stereocenters. The zero-order valence-corrected chi connectivity index (χ0v) is 12.1. The summed E-state index contributed by atoms with van der Waals surface area (Å²) < 4.78 is 16.5. The van der Waals surface area contributed by atoms with Gasteiger partial charge in [-0.1, -0.05) is 6.42 Å². The molecule has 0 saturated heterocycles. The lowest BCUT2D eigenvalue weighted by atomic mass is 9.51. The molecule has 0 aromatic heterocycles. The standard InChI is InChI=1S/C14H27NO3/c1-5-18-12-9-11(14(12)7-6-8-14)15-10(2)13(16-3)17-4/h10-13,15H,5-9H2,1-4H3. The van der Waals surface area contributed by atoms with Gasteiger partial charge in [-0.3, -0.25) is 0 Å². The maximum atomic E-state index is 5.86. The molecule has 4 nitrogen and oxygen atoms in total. The van der Waals surface area contributed by atoms with Crippen molar-refractivity contribution in [2.45, 2.75) is 64.0 Å². The molecule has 0 aromatic rings. The van der Waals surface area contributed by atoms with Gasteiger partial charge in [0.1, 0.15) is 0 Å². The molecule has 18 heavy (non-hydrogen) atoms. The van der Waals surface area contributed by atoms with E-state index in [-0.39, 0.29) is 12.3 Å². The van der Waals surface area contributed by atoms with Gasteiger partial charge < -0.3 is 19.5 Å². The first-order valence-corrected chi connectivity index (χ1v) is 7.11. The van der Waals surface area contributed by atoms with Crippen molar-refractivity contribution in [1.82, 2.24) is 5.32 Å². The third-order valence-corrected chi connectivity index (χ3v) is 4.77. The van der Waals surface area contributed by atoms with Gasteiger partial charge in [-0.15, -0.1) is 0 Å². The number of hydrogen-bond donors (Lipinski definition) is 1. The zero-order chi connectivity index (χ0) is 13.2. The van der Waals surface area contributed by atoms with Crippen LogP contribution in [0.1, 0.15) is 39.5 Å². The number of hydrogen-bond acceptors (Lipinski definition) is 4. The molecule has 2 aliphatic rings. The van der Waals surface area contributed by atoms with Crippen molar-refractivity contribution < 1.29 is 14.2 Å². The van der Waals surface area contributed by atoms with Crippen LogP contribution in [0.5, 0.6) is 0 Å². The second kappa shape index (κ2) is 5.87. The van der Waals surface area contributed by atoms with E-state index in [9.17, 15) is 0 Å². The van der Waals surface area contributed by atoms with Gasteiger partial charge in [0.25, 0.3) is 0 Å². The molecule has 0 aliphatic heterocycles. The average molecular weight is 257 g/mol. The van der Waals surface area contributed by atoms with Crippen LogP contribution in [0.25, 0.3) is 0 Å². The molecule has 1 N–H and O–H groups in total. The molecular formula is C14H27NO3. The van der Waals surface area contributed by atoms with Gasteiger partial charge in [0.15, 0.2) is 6.29 Å². The minimum Gasteiger partial charge on any atom is -0.378 e. The zero-order valence-electron chi connectivity index (χ0n) is 12.1. The van der Waals surface area contributed by atoms with Crippen molar-refractivity contribution in [2.75, 3.05) is 20.8 Å². The van der Waals surface area contributed by atoms with Crippen LogP contribution in [0.3, 0.4) is 0 Å². The van der Waals surface area contributed by atoms with Gasteiger partial charge in [0, 0.05) is 32.3 Å². The number of ether oxygens (including phenoxy) is 3. The van der Waals surface area contributed by atoms with Crippen LogP contribution < -0.4 is 5.32 Å². The molecule has 0 amide bonds. The summed E-state index contributed by atoms with van der Waals surface area (Å²) in [5.41, 5.74) is 0.399. The molecule has 2 fully saturated rings. The summed E-state index contributed by atoms with van der Waals surface area (Å²) >= 11 is 0. The smallest absolute Gasteiger partial charge is 0.171 e. The number of nitrogens with one attached hydrogen (secondary N) is 1. The largest absolute Gasteiger partial charge is 0.378 e. The summed E-state index contributed by atoms with van der Waals surface area (Å²) in [5, 5.41) is 3.67. The summed E-state index contributed by atoms with van der Waals surface area (Å²) in [6.07, 6.45) is 5.35. The first-order chi connectivity index (χ1) is 8.67. The molecule has 2 aliphatic carbocycles. The minimum atomic E-state index is -0.173. The van der Waals surface area contributed by atoms with Crippen molar-refractivity contribution in [3.05, 3.63) is 0 Å². The van der Waals surface area contributed by atoms with Crippen LogP contribution in [0.2, 0.25) is 0 Å². The molecular weight excluding hydrogens is 230 g/mol. The molecule has 0 bridgehead atoms. The third-order valence-electron chi connectivity index (χ3n) is 4.77. The molecule has 0 radical (unpaired) electrons. The van der Waals surface area contributed by atoms with Gasteiger partial charge >= 0.3 is 0 Å². The quantitative estimate of drug-likeness (QED) is 0.707. The predicted molar refractivity (Wildman–Crippen MR) is 70.5 cm³/mol. The van der Waals surface area contributed by atoms with E-state index in [1.807, 2.05) is 0 Å². The normalized spacial score (nSPS) is 31.2. The van der Waals surface area contributed by atoms with Crippen molar-refractivity contribution in [3.63, 3.8) is 0 Å². The van der Waals surface area contributed by atoms with E-state index in [1.165, 1.54) is 19.3 Å². The highest BCUT2D eigenvalue weighted by Crippen LogP contribution is 2.57. The van der Waals surface area contributed by atoms with Crippen LogP contribution in [0, 0.1) is 5.41 Å². The van der Waals surface area contributed by atoms with Gasteiger partial charge in [-0.05, 0) is 33.1 Å². The lowest BCUT2D eigenvalue weighted by molar-refractivity contribution is -0.185. The highest BCUT2D eigenvalue weighted by molar-refractivity contribution is 5.12. The Morgan fingerprint density at radius 3 is 2.39 bits per heavy atom. The van der Waals surface area contributed by atoms with Crippen molar-refractivity contribution >= 4 is 0 Å². The van der Waals surface area contributed by atoms with Crippen LogP contribution in [0.15, 0.2) is 0 Å². The highest BCUT2D eigenvalue weighted by atomic mass is 16.7. The predicted octanol–water partition coefficient (Wildman–Crippen LogP) is 1.93. The van der Waals surface area contributed by atoms with E-state index < -0.39 is 0 Å². The fourth-order valence-electron chi connectivity index (χ4n) is 3.57.